The summed E-state index contributed by atoms with van der Waals surface area (Å²) in [5.74, 6) is 1.63. The van der Waals surface area contributed by atoms with Gasteiger partial charge in [0.25, 0.3) is 5.89 Å². The van der Waals surface area contributed by atoms with Crippen molar-refractivity contribution in [2.45, 2.75) is 52.2 Å². The lowest BCUT2D eigenvalue weighted by Crippen LogP contribution is -2.25. The highest BCUT2D eigenvalue weighted by molar-refractivity contribution is 5.46. The molecule has 0 bridgehead atoms. The Morgan fingerprint density at radius 1 is 1.40 bits per heavy atom. The van der Waals surface area contributed by atoms with Gasteiger partial charge in [-0.3, -0.25) is 5.10 Å². The molecule has 0 saturated heterocycles. The molecule has 0 amide bonds. The van der Waals surface area contributed by atoms with Crippen LogP contribution in [0.1, 0.15) is 44.1 Å². The first-order valence-corrected chi connectivity index (χ1v) is 7.19. The second kappa shape index (κ2) is 5.75. The molecule has 0 spiro atoms. The summed E-state index contributed by atoms with van der Waals surface area (Å²) < 4.78 is 11.1. The molecule has 2 aromatic rings. The standard InChI is InChI=1S/C14H20N4O2/c1-9-5-3-4-6-12(9)19-8-13-15-14(20-18-13)11-7-10(2)16-17-11/h7,9,12H,3-6,8H2,1-2H3,(H,16,17). The molecule has 3 rings (SSSR count). The van der Waals surface area contributed by atoms with Gasteiger partial charge in [0.15, 0.2) is 11.5 Å². The van der Waals surface area contributed by atoms with Crippen LogP contribution in [0.4, 0.5) is 0 Å². The third-order valence-electron chi connectivity index (χ3n) is 3.85. The van der Waals surface area contributed by atoms with E-state index in [-0.39, 0.29) is 0 Å². The van der Waals surface area contributed by atoms with E-state index in [1.165, 1.54) is 19.3 Å². The minimum Gasteiger partial charge on any atom is -0.370 e. The average Bonchev–Trinajstić information content (AvgIpc) is 3.06. The van der Waals surface area contributed by atoms with E-state index in [0.717, 1.165) is 12.1 Å². The van der Waals surface area contributed by atoms with Crippen molar-refractivity contribution < 1.29 is 9.26 Å². The van der Waals surface area contributed by atoms with E-state index in [2.05, 4.69) is 27.3 Å². The smallest absolute Gasteiger partial charge is 0.278 e. The molecule has 1 aliphatic rings. The minimum atomic E-state index is 0.318. The first kappa shape index (κ1) is 13.3. The average molecular weight is 276 g/mol. The number of aromatic amines is 1. The minimum absolute atomic E-state index is 0.318. The summed E-state index contributed by atoms with van der Waals surface area (Å²) in [7, 11) is 0. The van der Waals surface area contributed by atoms with Crippen molar-refractivity contribution in [3.63, 3.8) is 0 Å². The van der Waals surface area contributed by atoms with Crippen LogP contribution in [0, 0.1) is 12.8 Å². The summed E-state index contributed by atoms with van der Waals surface area (Å²) in [6.45, 7) is 4.58. The van der Waals surface area contributed by atoms with Gasteiger partial charge in [-0.1, -0.05) is 24.9 Å². The van der Waals surface area contributed by atoms with Gasteiger partial charge < -0.3 is 9.26 Å². The number of hydrogen-bond donors (Lipinski definition) is 1. The highest BCUT2D eigenvalue weighted by Crippen LogP contribution is 2.27. The largest absolute Gasteiger partial charge is 0.370 e. The molecule has 1 fully saturated rings. The van der Waals surface area contributed by atoms with Gasteiger partial charge in [-0.15, -0.1) is 0 Å². The summed E-state index contributed by atoms with van der Waals surface area (Å²) in [6.07, 6.45) is 5.25. The van der Waals surface area contributed by atoms with Crippen LogP contribution in [-0.2, 0) is 11.3 Å². The monoisotopic (exact) mass is 276 g/mol. The Balaban J connectivity index is 1.60. The molecule has 108 valence electrons. The Labute approximate surface area is 117 Å². The fraction of sp³-hybridized carbons (Fsp3) is 0.643. The molecule has 6 heteroatoms. The first-order chi connectivity index (χ1) is 9.72. The second-order valence-corrected chi connectivity index (χ2v) is 5.56. The van der Waals surface area contributed by atoms with Crippen LogP contribution in [0.3, 0.4) is 0 Å². The van der Waals surface area contributed by atoms with Crippen molar-refractivity contribution in [2.24, 2.45) is 5.92 Å². The number of aromatic nitrogens is 4. The van der Waals surface area contributed by atoms with E-state index >= 15 is 0 Å². The number of nitrogens with zero attached hydrogens (tertiary/aromatic N) is 3. The van der Waals surface area contributed by atoms with E-state index in [9.17, 15) is 0 Å². The summed E-state index contributed by atoms with van der Waals surface area (Å²) >= 11 is 0. The summed E-state index contributed by atoms with van der Waals surface area (Å²) in [4.78, 5) is 4.32. The highest BCUT2D eigenvalue weighted by atomic mass is 16.5. The van der Waals surface area contributed by atoms with Gasteiger partial charge >= 0.3 is 0 Å². The zero-order valence-corrected chi connectivity index (χ0v) is 11.9. The van der Waals surface area contributed by atoms with Gasteiger partial charge in [0.05, 0.1) is 6.10 Å². The predicted octanol–water partition coefficient (Wildman–Crippen LogP) is 2.86. The molecule has 0 aromatic carbocycles. The Morgan fingerprint density at radius 2 is 2.25 bits per heavy atom. The molecule has 0 aliphatic heterocycles. The maximum absolute atomic E-state index is 5.92. The zero-order chi connectivity index (χ0) is 13.9. The van der Waals surface area contributed by atoms with Gasteiger partial charge in [-0.2, -0.15) is 10.1 Å². The number of aryl methyl sites for hydroxylation is 1. The van der Waals surface area contributed by atoms with Crippen molar-refractivity contribution in [3.8, 4) is 11.6 Å². The van der Waals surface area contributed by atoms with Crippen LogP contribution in [-0.4, -0.2) is 26.4 Å². The van der Waals surface area contributed by atoms with Crippen LogP contribution < -0.4 is 0 Å². The van der Waals surface area contributed by atoms with Crippen molar-refractivity contribution in [1.29, 1.82) is 0 Å². The maximum Gasteiger partial charge on any atom is 0.278 e. The Morgan fingerprint density at radius 3 is 3.00 bits per heavy atom. The summed E-state index contributed by atoms with van der Waals surface area (Å²) in [6, 6.07) is 1.88. The third kappa shape index (κ3) is 2.90. The first-order valence-electron chi connectivity index (χ1n) is 7.19. The fourth-order valence-electron chi connectivity index (χ4n) is 2.66. The van der Waals surface area contributed by atoms with E-state index < -0.39 is 0 Å². The number of rotatable bonds is 4. The van der Waals surface area contributed by atoms with Gasteiger partial charge in [0.2, 0.25) is 0 Å². The van der Waals surface area contributed by atoms with Crippen molar-refractivity contribution >= 4 is 0 Å². The molecule has 2 aromatic heterocycles. The van der Waals surface area contributed by atoms with Crippen LogP contribution in [0.15, 0.2) is 10.6 Å². The summed E-state index contributed by atoms with van der Waals surface area (Å²) in [5, 5.41) is 10.9. The molecule has 2 heterocycles. The zero-order valence-electron chi connectivity index (χ0n) is 11.9. The van der Waals surface area contributed by atoms with E-state index in [0.29, 0.717) is 36.0 Å². The van der Waals surface area contributed by atoms with Crippen molar-refractivity contribution in [2.75, 3.05) is 0 Å². The molecule has 1 N–H and O–H groups in total. The van der Waals surface area contributed by atoms with E-state index in [1.807, 2.05) is 13.0 Å². The van der Waals surface area contributed by atoms with Crippen LogP contribution in [0.2, 0.25) is 0 Å². The fourth-order valence-corrected chi connectivity index (χ4v) is 2.66. The lowest BCUT2D eigenvalue weighted by atomic mass is 9.88. The quantitative estimate of drug-likeness (QED) is 0.929. The van der Waals surface area contributed by atoms with Crippen LogP contribution >= 0.6 is 0 Å². The third-order valence-corrected chi connectivity index (χ3v) is 3.85. The number of hydrogen-bond acceptors (Lipinski definition) is 5. The summed E-state index contributed by atoms with van der Waals surface area (Å²) in [5.41, 5.74) is 1.64. The van der Waals surface area contributed by atoms with E-state index in [1.54, 1.807) is 0 Å². The number of H-pyrrole nitrogens is 1. The lowest BCUT2D eigenvalue weighted by Gasteiger charge is -2.28. The SMILES string of the molecule is Cc1cc(-c2nc(COC3CCCCC3C)no2)n[nH]1. The van der Waals surface area contributed by atoms with Gasteiger partial charge in [0, 0.05) is 5.69 Å². The predicted molar refractivity (Wildman–Crippen MR) is 72.8 cm³/mol. The molecule has 1 saturated carbocycles. The van der Waals surface area contributed by atoms with Crippen LogP contribution in [0.25, 0.3) is 11.6 Å². The molecular weight excluding hydrogens is 256 g/mol. The Kier molecular flexibility index (Phi) is 3.82. The lowest BCUT2D eigenvalue weighted by molar-refractivity contribution is -0.0188. The normalized spacial score (nSPS) is 23.1. The maximum atomic E-state index is 5.92. The molecular formula is C14H20N4O2. The van der Waals surface area contributed by atoms with Crippen LogP contribution in [0.5, 0.6) is 0 Å². The van der Waals surface area contributed by atoms with E-state index in [4.69, 9.17) is 9.26 Å². The van der Waals surface area contributed by atoms with Crippen molar-refractivity contribution in [3.05, 3.63) is 17.6 Å². The molecule has 0 radical (unpaired) electrons. The molecule has 2 unspecified atom stereocenters. The van der Waals surface area contributed by atoms with Gasteiger partial charge in [0.1, 0.15) is 6.61 Å². The second-order valence-electron chi connectivity index (χ2n) is 5.56. The number of ether oxygens (including phenoxy) is 1. The molecule has 2 atom stereocenters. The van der Waals surface area contributed by atoms with Gasteiger partial charge in [-0.05, 0) is 31.7 Å². The molecule has 1 aliphatic carbocycles. The highest BCUT2D eigenvalue weighted by Gasteiger charge is 2.22. The van der Waals surface area contributed by atoms with Gasteiger partial charge in [-0.25, -0.2) is 0 Å². The van der Waals surface area contributed by atoms with Crippen molar-refractivity contribution in [1.82, 2.24) is 20.3 Å². The molecule has 6 nitrogen and oxygen atoms in total. The Bertz CT molecular complexity index is 563. The Hall–Kier alpha value is -1.69. The number of nitrogens with one attached hydrogen (secondary N) is 1. The topological polar surface area (TPSA) is 76.8 Å². The molecule has 20 heavy (non-hydrogen) atoms.